The fraction of sp³-hybridized carbons (Fsp3) is 0.429. The highest BCUT2D eigenvalue weighted by Crippen LogP contribution is 2.37. The maximum absolute atomic E-state index is 12.7. The number of nitrogens with one attached hydrogen (secondary N) is 2. The number of hydrogen-bond acceptors (Lipinski definition) is 3. The van der Waals surface area contributed by atoms with Crippen molar-refractivity contribution in [2.45, 2.75) is 38.6 Å². The molecule has 1 aromatic heterocycles. The Bertz CT molecular complexity index is 796. The molecule has 0 radical (unpaired) electrons. The minimum absolute atomic E-state index is 0.0411. The number of nitrogens with zero attached hydrogens (tertiary/aromatic N) is 1. The van der Waals surface area contributed by atoms with E-state index in [0.717, 1.165) is 18.4 Å². The van der Waals surface area contributed by atoms with Crippen LogP contribution in [0, 0.1) is 12.8 Å². The van der Waals surface area contributed by atoms with Gasteiger partial charge in [-0.3, -0.25) is 4.79 Å². The van der Waals surface area contributed by atoms with Crippen LogP contribution in [-0.2, 0) is 0 Å². The topological polar surface area (TPSA) is 61.4 Å². The van der Waals surface area contributed by atoms with Gasteiger partial charge >= 0.3 is 6.03 Å². The van der Waals surface area contributed by atoms with Gasteiger partial charge in [0.25, 0.3) is 5.91 Å². The van der Waals surface area contributed by atoms with Gasteiger partial charge in [0.1, 0.15) is 0 Å². The number of thiophene rings is 1. The summed E-state index contributed by atoms with van der Waals surface area (Å²) in [7, 11) is 3.43. The fourth-order valence-electron chi connectivity index (χ4n) is 3.63. The Labute approximate surface area is 164 Å². The second kappa shape index (κ2) is 8.57. The van der Waals surface area contributed by atoms with E-state index in [1.54, 1.807) is 37.6 Å². The smallest absolute Gasteiger partial charge is 0.319 e. The summed E-state index contributed by atoms with van der Waals surface area (Å²) in [5, 5.41) is 8.17. The number of urea groups is 1. The van der Waals surface area contributed by atoms with Crippen molar-refractivity contribution in [3.05, 3.63) is 51.7 Å². The lowest BCUT2D eigenvalue weighted by molar-refractivity contribution is 0.0827. The standard InChI is InChI=1S/C21H27N3O2S/c1-14-10-11-16(20(25)24(2)3)13-17(14)22-21(26)23-19(15-7-4-5-8-15)18-9-6-12-27-18/h6,9-13,15,19H,4-5,7-8H2,1-3H3,(H2,22,23,26). The van der Waals surface area contributed by atoms with Crippen molar-refractivity contribution in [1.29, 1.82) is 0 Å². The molecule has 3 amide bonds. The molecule has 6 heteroatoms. The van der Waals surface area contributed by atoms with E-state index in [1.165, 1.54) is 22.6 Å². The molecule has 1 saturated carbocycles. The van der Waals surface area contributed by atoms with Gasteiger partial charge < -0.3 is 15.5 Å². The lowest BCUT2D eigenvalue weighted by Gasteiger charge is -2.24. The number of amides is 3. The van der Waals surface area contributed by atoms with Crippen LogP contribution in [0.1, 0.15) is 52.5 Å². The van der Waals surface area contributed by atoms with E-state index in [0.29, 0.717) is 17.2 Å². The summed E-state index contributed by atoms with van der Waals surface area (Å²) in [6.45, 7) is 1.92. The molecule has 0 aliphatic heterocycles. The van der Waals surface area contributed by atoms with E-state index in [9.17, 15) is 9.59 Å². The highest BCUT2D eigenvalue weighted by Gasteiger charge is 2.28. The Morgan fingerprint density at radius 2 is 1.93 bits per heavy atom. The van der Waals surface area contributed by atoms with Crippen LogP contribution in [0.25, 0.3) is 0 Å². The molecule has 2 aromatic rings. The van der Waals surface area contributed by atoms with Crippen molar-refractivity contribution in [2.24, 2.45) is 5.92 Å². The number of carbonyl (C=O) groups is 2. The molecule has 3 rings (SSSR count). The third-order valence-electron chi connectivity index (χ3n) is 5.15. The van der Waals surface area contributed by atoms with Gasteiger partial charge in [-0.15, -0.1) is 11.3 Å². The quantitative estimate of drug-likeness (QED) is 0.776. The first kappa shape index (κ1) is 19.4. The van der Waals surface area contributed by atoms with Gasteiger partial charge in [-0.25, -0.2) is 4.79 Å². The fourth-order valence-corrected chi connectivity index (χ4v) is 4.50. The number of rotatable bonds is 5. The Balaban J connectivity index is 1.74. The van der Waals surface area contributed by atoms with Crippen LogP contribution >= 0.6 is 11.3 Å². The number of aryl methyl sites for hydroxylation is 1. The first-order valence-electron chi connectivity index (χ1n) is 9.39. The molecule has 2 N–H and O–H groups in total. The highest BCUT2D eigenvalue weighted by atomic mass is 32.1. The summed E-state index contributed by atoms with van der Waals surface area (Å²) in [6, 6.07) is 9.33. The van der Waals surface area contributed by atoms with Crippen LogP contribution in [0.3, 0.4) is 0 Å². The number of anilines is 1. The van der Waals surface area contributed by atoms with Crippen molar-refractivity contribution < 1.29 is 9.59 Å². The van der Waals surface area contributed by atoms with Crippen LogP contribution in [0.4, 0.5) is 10.5 Å². The number of benzene rings is 1. The molecular formula is C21H27N3O2S. The van der Waals surface area contributed by atoms with Crippen molar-refractivity contribution >= 4 is 29.0 Å². The molecule has 0 saturated heterocycles. The van der Waals surface area contributed by atoms with Crippen LogP contribution in [-0.4, -0.2) is 30.9 Å². The average Bonchev–Trinajstić information content (AvgIpc) is 3.35. The van der Waals surface area contributed by atoms with E-state index < -0.39 is 0 Å². The monoisotopic (exact) mass is 385 g/mol. The van der Waals surface area contributed by atoms with Gasteiger partial charge in [-0.1, -0.05) is 25.0 Å². The molecule has 144 valence electrons. The minimum atomic E-state index is -0.224. The zero-order valence-corrected chi connectivity index (χ0v) is 16.9. The Hall–Kier alpha value is -2.34. The molecule has 1 aromatic carbocycles. The van der Waals surface area contributed by atoms with E-state index in [2.05, 4.69) is 22.1 Å². The molecule has 1 atom stereocenters. The van der Waals surface area contributed by atoms with Crippen LogP contribution in [0.5, 0.6) is 0 Å². The van der Waals surface area contributed by atoms with Gasteiger partial charge in [-0.2, -0.15) is 0 Å². The average molecular weight is 386 g/mol. The summed E-state index contributed by atoms with van der Waals surface area (Å²) >= 11 is 1.69. The summed E-state index contributed by atoms with van der Waals surface area (Å²) in [5.41, 5.74) is 2.15. The van der Waals surface area contributed by atoms with Crippen molar-refractivity contribution in [3.8, 4) is 0 Å². The van der Waals surface area contributed by atoms with Gasteiger partial charge in [0, 0.05) is 30.2 Å². The number of hydrogen-bond donors (Lipinski definition) is 2. The molecule has 1 heterocycles. The molecule has 1 fully saturated rings. The van der Waals surface area contributed by atoms with Crippen molar-refractivity contribution in [1.82, 2.24) is 10.2 Å². The predicted octanol–water partition coefficient (Wildman–Crippen LogP) is 4.81. The summed E-state index contributed by atoms with van der Waals surface area (Å²) < 4.78 is 0. The van der Waals surface area contributed by atoms with E-state index >= 15 is 0 Å². The molecule has 0 spiro atoms. The molecule has 1 aliphatic rings. The summed E-state index contributed by atoms with van der Waals surface area (Å²) in [5.74, 6) is 0.401. The normalized spacial score (nSPS) is 15.4. The van der Waals surface area contributed by atoms with E-state index in [1.807, 2.05) is 19.1 Å². The maximum atomic E-state index is 12.7. The number of carbonyl (C=O) groups excluding carboxylic acids is 2. The van der Waals surface area contributed by atoms with Gasteiger partial charge in [0.15, 0.2) is 0 Å². The Morgan fingerprint density at radius 3 is 2.56 bits per heavy atom. The van der Waals surface area contributed by atoms with E-state index in [-0.39, 0.29) is 18.0 Å². The lowest BCUT2D eigenvalue weighted by atomic mass is 9.97. The molecular weight excluding hydrogens is 358 g/mol. The first-order valence-corrected chi connectivity index (χ1v) is 10.3. The van der Waals surface area contributed by atoms with Gasteiger partial charge in [0.05, 0.1) is 6.04 Å². The molecule has 27 heavy (non-hydrogen) atoms. The third kappa shape index (κ3) is 4.69. The first-order chi connectivity index (χ1) is 13.0. The molecule has 1 aliphatic carbocycles. The largest absolute Gasteiger partial charge is 0.345 e. The summed E-state index contributed by atoms with van der Waals surface area (Å²) in [6.07, 6.45) is 4.75. The second-order valence-corrected chi connectivity index (χ2v) is 8.34. The predicted molar refractivity (Wildman–Crippen MR) is 110 cm³/mol. The van der Waals surface area contributed by atoms with Gasteiger partial charge in [-0.05, 0) is 54.8 Å². The second-order valence-electron chi connectivity index (χ2n) is 7.37. The molecule has 5 nitrogen and oxygen atoms in total. The minimum Gasteiger partial charge on any atom is -0.345 e. The SMILES string of the molecule is Cc1ccc(C(=O)N(C)C)cc1NC(=O)NC(c1cccs1)C1CCCC1. The zero-order valence-electron chi connectivity index (χ0n) is 16.1. The van der Waals surface area contributed by atoms with Gasteiger partial charge in [0.2, 0.25) is 0 Å². The zero-order chi connectivity index (χ0) is 19.4. The third-order valence-corrected chi connectivity index (χ3v) is 6.10. The summed E-state index contributed by atoms with van der Waals surface area (Å²) in [4.78, 5) is 27.7. The molecule has 0 bridgehead atoms. The Kier molecular flexibility index (Phi) is 6.16. The highest BCUT2D eigenvalue weighted by molar-refractivity contribution is 7.10. The van der Waals surface area contributed by atoms with Crippen LogP contribution in [0.15, 0.2) is 35.7 Å². The van der Waals surface area contributed by atoms with Crippen molar-refractivity contribution in [2.75, 3.05) is 19.4 Å². The van der Waals surface area contributed by atoms with Crippen LogP contribution in [0.2, 0.25) is 0 Å². The van der Waals surface area contributed by atoms with Crippen molar-refractivity contribution in [3.63, 3.8) is 0 Å². The Morgan fingerprint density at radius 1 is 1.19 bits per heavy atom. The lowest BCUT2D eigenvalue weighted by Crippen LogP contribution is -2.35. The van der Waals surface area contributed by atoms with E-state index in [4.69, 9.17) is 0 Å². The van der Waals surface area contributed by atoms with Crippen LogP contribution < -0.4 is 10.6 Å². The molecule has 1 unspecified atom stereocenters. The maximum Gasteiger partial charge on any atom is 0.319 e.